The Kier molecular flexibility index (Phi) is 5.84. The van der Waals surface area contributed by atoms with Gasteiger partial charge in [0.2, 0.25) is 5.91 Å². The molecule has 2 N–H and O–H groups in total. The smallest absolute Gasteiger partial charge is 0.340 e. The number of anilines is 1. The highest BCUT2D eigenvalue weighted by molar-refractivity contribution is 6.04. The summed E-state index contributed by atoms with van der Waals surface area (Å²) in [5.41, 5.74) is 1.25. The van der Waals surface area contributed by atoms with Gasteiger partial charge in [-0.1, -0.05) is 12.1 Å². The third kappa shape index (κ3) is 4.87. The second kappa shape index (κ2) is 8.05. The van der Waals surface area contributed by atoms with E-state index in [4.69, 9.17) is 0 Å². The predicted octanol–water partition coefficient (Wildman–Crippen LogP) is 2.50. The summed E-state index contributed by atoms with van der Waals surface area (Å²) in [5.74, 6) is -2.10. The number of hydrogen-bond acceptors (Lipinski definition) is 4. The van der Waals surface area contributed by atoms with Crippen molar-refractivity contribution in [2.45, 2.75) is 13.5 Å². The molecule has 0 fully saturated rings. The van der Waals surface area contributed by atoms with Crippen molar-refractivity contribution in [3.05, 3.63) is 65.0 Å². The first kappa shape index (κ1) is 18.1. The zero-order chi connectivity index (χ0) is 18.4. The van der Waals surface area contributed by atoms with Gasteiger partial charge in [-0.25, -0.2) is 9.18 Å². The van der Waals surface area contributed by atoms with Crippen molar-refractivity contribution in [1.82, 2.24) is 5.32 Å². The Bertz CT molecular complexity index is 803. The molecule has 0 bridgehead atoms. The largest absolute Gasteiger partial charge is 0.465 e. The van der Waals surface area contributed by atoms with Gasteiger partial charge in [0.05, 0.1) is 12.7 Å². The molecule has 0 aliphatic rings. The van der Waals surface area contributed by atoms with Crippen LogP contribution in [0.1, 0.15) is 33.2 Å². The molecule has 0 saturated carbocycles. The predicted molar refractivity (Wildman–Crippen MR) is 89.7 cm³/mol. The van der Waals surface area contributed by atoms with E-state index in [9.17, 15) is 18.8 Å². The number of esters is 1. The summed E-state index contributed by atoms with van der Waals surface area (Å²) >= 11 is 0. The fourth-order valence-electron chi connectivity index (χ4n) is 2.07. The Morgan fingerprint density at radius 2 is 1.76 bits per heavy atom. The van der Waals surface area contributed by atoms with Crippen molar-refractivity contribution in [3.8, 4) is 0 Å². The van der Waals surface area contributed by atoms with Gasteiger partial charge in [0, 0.05) is 24.7 Å². The van der Waals surface area contributed by atoms with Gasteiger partial charge in [-0.05, 0) is 35.9 Å². The number of rotatable bonds is 5. The molecule has 0 aromatic heterocycles. The van der Waals surface area contributed by atoms with E-state index in [1.165, 1.54) is 19.1 Å². The first-order valence-electron chi connectivity index (χ1n) is 7.43. The lowest BCUT2D eigenvalue weighted by atomic mass is 10.1. The highest BCUT2D eigenvalue weighted by Crippen LogP contribution is 2.17. The number of benzene rings is 2. The third-order valence-corrected chi connectivity index (χ3v) is 3.39. The lowest BCUT2D eigenvalue weighted by molar-refractivity contribution is -0.119. The minimum absolute atomic E-state index is 0.139. The fraction of sp³-hybridized carbons (Fsp3) is 0.167. The number of hydrogen-bond donors (Lipinski definition) is 2. The Balaban J connectivity index is 2.09. The van der Waals surface area contributed by atoms with Crippen molar-refractivity contribution in [2.75, 3.05) is 12.4 Å². The second-order valence-electron chi connectivity index (χ2n) is 5.25. The van der Waals surface area contributed by atoms with E-state index in [0.717, 1.165) is 18.7 Å². The molecule has 0 heterocycles. The quantitative estimate of drug-likeness (QED) is 0.816. The van der Waals surface area contributed by atoms with Crippen molar-refractivity contribution in [3.63, 3.8) is 0 Å². The maximum atomic E-state index is 13.6. The van der Waals surface area contributed by atoms with Crippen LogP contribution in [-0.2, 0) is 16.1 Å². The van der Waals surface area contributed by atoms with E-state index in [0.29, 0.717) is 12.1 Å². The summed E-state index contributed by atoms with van der Waals surface area (Å²) < 4.78 is 18.1. The van der Waals surface area contributed by atoms with Crippen LogP contribution in [-0.4, -0.2) is 24.9 Å². The van der Waals surface area contributed by atoms with E-state index in [1.807, 2.05) is 0 Å². The van der Waals surface area contributed by atoms with Crippen LogP contribution in [0.2, 0.25) is 0 Å². The van der Waals surface area contributed by atoms with Gasteiger partial charge in [-0.15, -0.1) is 0 Å². The molecule has 0 unspecified atom stereocenters. The number of carbonyl (C=O) groups excluding carboxylic acids is 3. The lowest BCUT2D eigenvalue weighted by Crippen LogP contribution is -2.19. The Labute approximate surface area is 144 Å². The number of carbonyl (C=O) groups is 3. The molecule has 7 heteroatoms. The molecule has 6 nitrogen and oxygen atoms in total. The van der Waals surface area contributed by atoms with Crippen molar-refractivity contribution < 1.29 is 23.5 Å². The second-order valence-corrected chi connectivity index (χ2v) is 5.25. The van der Waals surface area contributed by atoms with E-state index in [2.05, 4.69) is 15.4 Å². The van der Waals surface area contributed by atoms with Gasteiger partial charge in [0.25, 0.3) is 5.91 Å². The number of nitrogens with one attached hydrogen (secondary N) is 2. The minimum Gasteiger partial charge on any atom is -0.465 e. The van der Waals surface area contributed by atoms with Gasteiger partial charge in [-0.2, -0.15) is 0 Å². The Morgan fingerprint density at radius 3 is 2.36 bits per heavy atom. The average molecular weight is 344 g/mol. The van der Waals surface area contributed by atoms with Crippen LogP contribution in [0.3, 0.4) is 0 Å². The molecule has 25 heavy (non-hydrogen) atoms. The summed E-state index contributed by atoms with van der Waals surface area (Å²) in [4.78, 5) is 34.6. The number of methoxy groups -OCH3 is 1. The highest BCUT2D eigenvalue weighted by Gasteiger charge is 2.14. The molecule has 0 radical (unpaired) electrons. The Hall–Kier alpha value is -3.22. The van der Waals surface area contributed by atoms with Gasteiger partial charge in [0.1, 0.15) is 5.82 Å². The normalized spacial score (nSPS) is 10.0. The molecule has 2 amide bonds. The molecule has 2 aromatic carbocycles. The summed E-state index contributed by atoms with van der Waals surface area (Å²) in [6, 6.07) is 10.3. The van der Waals surface area contributed by atoms with E-state index in [1.54, 1.807) is 24.3 Å². The van der Waals surface area contributed by atoms with Crippen molar-refractivity contribution in [2.24, 2.45) is 0 Å². The topological polar surface area (TPSA) is 84.5 Å². The van der Waals surface area contributed by atoms with Crippen LogP contribution in [0.4, 0.5) is 10.1 Å². The highest BCUT2D eigenvalue weighted by atomic mass is 19.1. The van der Waals surface area contributed by atoms with Crippen LogP contribution in [0, 0.1) is 5.82 Å². The molecule has 2 rings (SSSR count). The third-order valence-electron chi connectivity index (χ3n) is 3.39. The van der Waals surface area contributed by atoms with E-state index < -0.39 is 17.7 Å². The van der Waals surface area contributed by atoms with Crippen LogP contribution in [0.25, 0.3) is 0 Å². The molecular weight excluding hydrogens is 327 g/mol. The SMILES string of the molecule is COC(=O)c1cc(NC(=O)c2ccc(CNC(C)=O)cc2)ccc1F. The van der Waals surface area contributed by atoms with Crippen LogP contribution >= 0.6 is 0 Å². The summed E-state index contributed by atoms with van der Waals surface area (Å²) in [5, 5.41) is 5.25. The van der Waals surface area contributed by atoms with Gasteiger partial charge >= 0.3 is 5.97 Å². The van der Waals surface area contributed by atoms with Gasteiger partial charge in [-0.3, -0.25) is 9.59 Å². The lowest BCUT2D eigenvalue weighted by Gasteiger charge is -2.08. The standard InChI is InChI=1S/C18H17FN2O4/c1-11(22)20-10-12-3-5-13(6-4-12)17(23)21-14-7-8-16(19)15(9-14)18(24)25-2/h3-9H,10H2,1-2H3,(H,20,22)(H,21,23). The maximum Gasteiger partial charge on any atom is 0.340 e. The zero-order valence-electron chi connectivity index (χ0n) is 13.8. The molecule has 130 valence electrons. The van der Waals surface area contributed by atoms with E-state index in [-0.39, 0.29) is 17.2 Å². The fourth-order valence-corrected chi connectivity index (χ4v) is 2.07. The molecular formula is C18H17FN2O4. The molecule has 0 atom stereocenters. The minimum atomic E-state index is -0.823. The van der Waals surface area contributed by atoms with Crippen molar-refractivity contribution in [1.29, 1.82) is 0 Å². The van der Waals surface area contributed by atoms with Gasteiger partial charge < -0.3 is 15.4 Å². The molecule has 0 saturated heterocycles. The van der Waals surface area contributed by atoms with Gasteiger partial charge in [0.15, 0.2) is 0 Å². The van der Waals surface area contributed by atoms with E-state index >= 15 is 0 Å². The monoisotopic (exact) mass is 344 g/mol. The summed E-state index contributed by atoms with van der Waals surface area (Å²) in [6.07, 6.45) is 0. The average Bonchev–Trinajstić information content (AvgIpc) is 2.61. The molecule has 0 aliphatic carbocycles. The summed E-state index contributed by atoms with van der Waals surface area (Å²) in [7, 11) is 1.15. The van der Waals surface area contributed by atoms with Crippen LogP contribution in [0.5, 0.6) is 0 Å². The molecule has 2 aromatic rings. The van der Waals surface area contributed by atoms with Crippen molar-refractivity contribution >= 4 is 23.5 Å². The summed E-state index contributed by atoms with van der Waals surface area (Å²) in [6.45, 7) is 1.80. The zero-order valence-corrected chi connectivity index (χ0v) is 13.8. The first-order chi connectivity index (χ1) is 11.9. The van der Waals surface area contributed by atoms with Crippen LogP contribution in [0.15, 0.2) is 42.5 Å². The molecule has 0 aliphatic heterocycles. The number of ether oxygens (including phenoxy) is 1. The van der Waals surface area contributed by atoms with Crippen LogP contribution < -0.4 is 10.6 Å². The first-order valence-corrected chi connectivity index (χ1v) is 7.43. The molecule has 0 spiro atoms. The maximum absolute atomic E-state index is 13.6. The Morgan fingerprint density at radius 1 is 1.08 bits per heavy atom. The number of amides is 2. The number of halogens is 1.